The molecule has 2 aromatic carbocycles. The van der Waals surface area contributed by atoms with Crippen LogP contribution in [0.3, 0.4) is 0 Å². The number of carbonyl (C=O) groups is 1. The molecule has 0 amide bonds. The maximum Gasteiger partial charge on any atom is 0.310 e. The van der Waals surface area contributed by atoms with E-state index in [0.29, 0.717) is 22.9 Å². The molecule has 0 saturated heterocycles. The first-order chi connectivity index (χ1) is 12.0. The summed E-state index contributed by atoms with van der Waals surface area (Å²) in [5.74, 6) is 0.924. The van der Waals surface area contributed by atoms with Crippen molar-refractivity contribution in [3.63, 3.8) is 0 Å². The first-order valence-corrected chi connectivity index (χ1v) is 10.4. The molecular weight excluding hydrogens is 424 g/mol. The number of hydrogen-bond acceptors (Lipinski definition) is 4. The molecule has 0 spiro atoms. The normalized spacial score (nSPS) is 10.6. The highest BCUT2D eigenvalue weighted by molar-refractivity contribution is 9.10. The SMILES string of the molecule is CCC(=O)Oc1cccc(SC)c1COc1cc(Cl)c(CC)cc1Br. The molecular formula is C19H20BrClO3S. The molecule has 6 heteroatoms. The quantitative estimate of drug-likeness (QED) is 0.286. The number of rotatable bonds is 7. The van der Waals surface area contributed by atoms with Crippen LogP contribution < -0.4 is 9.47 Å². The van der Waals surface area contributed by atoms with Gasteiger partial charge in [-0.15, -0.1) is 11.8 Å². The fraction of sp³-hybridized carbons (Fsp3) is 0.316. The third-order valence-corrected chi connectivity index (χ3v) is 5.47. The number of benzene rings is 2. The lowest BCUT2D eigenvalue weighted by Gasteiger charge is -2.16. The van der Waals surface area contributed by atoms with Crippen LogP contribution >= 0.6 is 39.3 Å². The minimum Gasteiger partial charge on any atom is -0.487 e. The number of aryl methyl sites for hydroxylation is 1. The maximum absolute atomic E-state index is 11.7. The molecule has 0 N–H and O–H groups in total. The van der Waals surface area contributed by atoms with Gasteiger partial charge in [-0.05, 0) is 52.4 Å². The van der Waals surface area contributed by atoms with Gasteiger partial charge in [0.25, 0.3) is 0 Å². The smallest absolute Gasteiger partial charge is 0.310 e. The van der Waals surface area contributed by atoms with E-state index < -0.39 is 0 Å². The van der Waals surface area contributed by atoms with Crippen LogP contribution in [-0.4, -0.2) is 12.2 Å². The van der Waals surface area contributed by atoms with Crippen molar-refractivity contribution in [2.45, 2.75) is 38.2 Å². The van der Waals surface area contributed by atoms with Crippen molar-refractivity contribution < 1.29 is 14.3 Å². The summed E-state index contributed by atoms with van der Waals surface area (Å²) in [6, 6.07) is 9.42. The fourth-order valence-corrected chi connectivity index (χ4v) is 3.68. The lowest BCUT2D eigenvalue weighted by atomic mass is 10.1. The van der Waals surface area contributed by atoms with Crippen molar-refractivity contribution in [3.8, 4) is 11.5 Å². The second kappa shape index (κ2) is 9.51. The van der Waals surface area contributed by atoms with Crippen LogP contribution in [0.2, 0.25) is 5.02 Å². The van der Waals surface area contributed by atoms with E-state index in [-0.39, 0.29) is 12.6 Å². The number of halogens is 2. The standard InChI is InChI=1S/C19H20BrClO3S/c1-4-12-9-14(20)17(10-15(12)21)23-11-13-16(24-19(22)5-2)7-6-8-18(13)25-3/h6-10H,4-5,11H2,1-3H3. The van der Waals surface area contributed by atoms with E-state index in [2.05, 4.69) is 22.9 Å². The summed E-state index contributed by atoms with van der Waals surface area (Å²) in [5, 5.41) is 0.677. The van der Waals surface area contributed by atoms with Crippen LogP contribution in [0.4, 0.5) is 0 Å². The van der Waals surface area contributed by atoms with Crippen molar-refractivity contribution in [1.82, 2.24) is 0 Å². The van der Waals surface area contributed by atoms with Crippen molar-refractivity contribution in [2.75, 3.05) is 6.26 Å². The van der Waals surface area contributed by atoms with E-state index in [4.69, 9.17) is 21.1 Å². The van der Waals surface area contributed by atoms with E-state index in [1.165, 1.54) is 0 Å². The number of hydrogen-bond donors (Lipinski definition) is 0. The van der Waals surface area contributed by atoms with Crippen LogP contribution in [0.25, 0.3) is 0 Å². The predicted molar refractivity (Wildman–Crippen MR) is 107 cm³/mol. The highest BCUT2D eigenvalue weighted by Crippen LogP contribution is 2.35. The Balaban J connectivity index is 2.28. The third kappa shape index (κ3) is 5.16. The van der Waals surface area contributed by atoms with Gasteiger partial charge in [0.1, 0.15) is 18.1 Å². The molecule has 0 heterocycles. The minimum absolute atomic E-state index is 0.268. The summed E-state index contributed by atoms with van der Waals surface area (Å²) in [4.78, 5) is 12.7. The molecule has 3 nitrogen and oxygen atoms in total. The van der Waals surface area contributed by atoms with Crippen LogP contribution in [0.15, 0.2) is 39.7 Å². The molecule has 0 aliphatic heterocycles. The van der Waals surface area contributed by atoms with Gasteiger partial charge < -0.3 is 9.47 Å². The summed E-state index contributed by atoms with van der Waals surface area (Å²) in [6.45, 7) is 4.10. The zero-order chi connectivity index (χ0) is 18.4. The summed E-state index contributed by atoms with van der Waals surface area (Å²) >= 11 is 11.4. The Kier molecular flexibility index (Phi) is 7.66. The topological polar surface area (TPSA) is 35.5 Å². The zero-order valence-corrected chi connectivity index (χ0v) is 17.6. The second-order valence-electron chi connectivity index (χ2n) is 5.28. The summed E-state index contributed by atoms with van der Waals surface area (Å²) in [6.07, 6.45) is 3.15. The Morgan fingerprint density at radius 1 is 1.24 bits per heavy atom. The summed E-state index contributed by atoms with van der Waals surface area (Å²) in [7, 11) is 0. The fourth-order valence-electron chi connectivity index (χ4n) is 2.27. The van der Waals surface area contributed by atoms with Crippen molar-refractivity contribution in [2.24, 2.45) is 0 Å². The molecule has 0 atom stereocenters. The number of ether oxygens (including phenoxy) is 2. The van der Waals surface area contributed by atoms with E-state index in [9.17, 15) is 4.79 Å². The lowest BCUT2D eigenvalue weighted by molar-refractivity contribution is -0.134. The Hall–Kier alpha value is -1.17. The molecule has 0 saturated carbocycles. The zero-order valence-electron chi connectivity index (χ0n) is 14.4. The number of esters is 1. The van der Waals surface area contributed by atoms with Gasteiger partial charge in [-0.25, -0.2) is 0 Å². The molecule has 0 radical (unpaired) electrons. The van der Waals surface area contributed by atoms with Crippen LogP contribution in [0.5, 0.6) is 11.5 Å². The Morgan fingerprint density at radius 3 is 2.64 bits per heavy atom. The molecule has 0 bridgehead atoms. The van der Waals surface area contributed by atoms with Crippen LogP contribution in [-0.2, 0) is 17.8 Å². The molecule has 25 heavy (non-hydrogen) atoms. The van der Waals surface area contributed by atoms with Gasteiger partial charge in [0.2, 0.25) is 0 Å². The van der Waals surface area contributed by atoms with Gasteiger partial charge >= 0.3 is 5.97 Å². The van der Waals surface area contributed by atoms with Gasteiger partial charge in [0, 0.05) is 28.0 Å². The lowest BCUT2D eigenvalue weighted by Crippen LogP contribution is -2.09. The van der Waals surface area contributed by atoms with Gasteiger partial charge in [-0.1, -0.05) is 31.5 Å². The van der Waals surface area contributed by atoms with Crippen LogP contribution in [0.1, 0.15) is 31.4 Å². The molecule has 2 aromatic rings. The molecule has 0 aromatic heterocycles. The van der Waals surface area contributed by atoms with E-state index in [0.717, 1.165) is 26.9 Å². The highest BCUT2D eigenvalue weighted by atomic mass is 79.9. The van der Waals surface area contributed by atoms with Crippen molar-refractivity contribution in [3.05, 3.63) is 51.0 Å². The first-order valence-electron chi connectivity index (χ1n) is 7.97. The Bertz CT molecular complexity index is 765. The molecule has 0 unspecified atom stereocenters. The molecule has 0 aliphatic rings. The highest BCUT2D eigenvalue weighted by Gasteiger charge is 2.14. The molecule has 2 rings (SSSR count). The van der Waals surface area contributed by atoms with Gasteiger partial charge in [0.15, 0.2) is 0 Å². The van der Waals surface area contributed by atoms with Crippen molar-refractivity contribution >= 4 is 45.3 Å². The molecule has 0 fully saturated rings. The Morgan fingerprint density at radius 2 is 2.00 bits per heavy atom. The monoisotopic (exact) mass is 442 g/mol. The molecule has 0 aliphatic carbocycles. The second-order valence-corrected chi connectivity index (χ2v) is 7.39. The maximum atomic E-state index is 11.7. The third-order valence-electron chi connectivity index (χ3n) is 3.68. The Labute approximate surface area is 166 Å². The van der Waals surface area contributed by atoms with Gasteiger partial charge in [-0.3, -0.25) is 4.79 Å². The summed E-state index contributed by atoms with van der Waals surface area (Å²) in [5.41, 5.74) is 1.90. The summed E-state index contributed by atoms with van der Waals surface area (Å²) < 4.78 is 12.3. The number of carbonyl (C=O) groups excluding carboxylic acids is 1. The first kappa shape index (κ1) is 20.1. The van der Waals surface area contributed by atoms with E-state index >= 15 is 0 Å². The average molecular weight is 444 g/mol. The van der Waals surface area contributed by atoms with Crippen LogP contribution in [0, 0.1) is 0 Å². The average Bonchev–Trinajstić information content (AvgIpc) is 2.62. The largest absolute Gasteiger partial charge is 0.487 e. The van der Waals surface area contributed by atoms with Gasteiger partial charge in [0.05, 0.1) is 4.47 Å². The van der Waals surface area contributed by atoms with E-state index in [1.807, 2.05) is 30.5 Å². The van der Waals surface area contributed by atoms with Crippen molar-refractivity contribution in [1.29, 1.82) is 0 Å². The molecule has 134 valence electrons. The van der Waals surface area contributed by atoms with Gasteiger partial charge in [-0.2, -0.15) is 0 Å². The predicted octanol–water partition coefficient (Wildman–Crippen LogP) is 6.28. The minimum atomic E-state index is -0.268. The van der Waals surface area contributed by atoms with E-state index in [1.54, 1.807) is 24.8 Å². The number of thioether (sulfide) groups is 1.